The maximum absolute atomic E-state index is 9.36. The summed E-state index contributed by atoms with van der Waals surface area (Å²) in [6, 6.07) is 19.3. The van der Waals surface area contributed by atoms with Gasteiger partial charge in [-0.3, -0.25) is 4.98 Å². The first-order valence-corrected chi connectivity index (χ1v) is 6.74. The Bertz CT molecular complexity index is 946. The fraction of sp³-hybridized carbons (Fsp3) is 0. The number of hydrogen-bond acceptors (Lipinski definition) is 3. The monoisotopic (exact) mass is 272 g/mol. The van der Waals surface area contributed by atoms with Crippen molar-refractivity contribution in [2.45, 2.75) is 0 Å². The van der Waals surface area contributed by atoms with Crippen molar-refractivity contribution in [3.63, 3.8) is 0 Å². The van der Waals surface area contributed by atoms with Gasteiger partial charge in [0.05, 0.1) is 22.9 Å². The van der Waals surface area contributed by atoms with Crippen molar-refractivity contribution in [2.75, 3.05) is 0 Å². The minimum Gasteiger partial charge on any atom is -0.508 e. The molecule has 4 aromatic rings. The van der Waals surface area contributed by atoms with Gasteiger partial charge in [-0.25, -0.2) is 4.98 Å². The van der Waals surface area contributed by atoms with Crippen LogP contribution in [-0.4, -0.2) is 15.1 Å². The van der Waals surface area contributed by atoms with Crippen molar-refractivity contribution in [1.29, 1.82) is 0 Å². The van der Waals surface area contributed by atoms with E-state index in [1.807, 2.05) is 24.3 Å². The summed E-state index contributed by atoms with van der Waals surface area (Å²) in [6.45, 7) is 0. The Balaban J connectivity index is 1.92. The quantitative estimate of drug-likeness (QED) is 0.529. The second-order valence-electron chi connectivity index (χ2n) is 4.99. The van der Waals surface area contributed by atoms with Crippen molar-refractivity contribution in [1.82, 2.24) is 9.97 Å². The lowest BCUT2D eigenvalue weighted by Crippen LogP contribution is -1.89. The molecule has 0 fully saturated rings. The highest BCUT2D eigenvalue weighted by Gasteiger charge is 2.04. The van der Waals surface area contributed by atoms with Gasteiger partial charge in [-0.15, -0.1) is 0 Å². The van der Waals surface area contributed by atoms with Crippen LogP contribution in [0.1, 0.15) is 0 Å². The molecule has 1 aromatic heterocycles. The maximum Gasteiger partial charge on any atom is 0.115 e. The third kappa shape index (κ3) is 2.09. The summed E-state index contributed by atoms with van der Waals surface area (Å²) >= 11 is 0. The molecule has 0 aliphatic carbocycles. The van der Waals surface area contributed by atoms with E-state index in [4.69, 9.17) is 0 Å². The van der Waals surface area contributed by atoms with Gasteiger partial charge in [-0.2, -0.15) is 0 Å². The number of nitrogens with zero attached hydrogens (tertiary/aromatic N) is 2. The Labute approximate surface area is 121 Å². The van der Waals surface area contributed by atoms with E-state index >= 15 is 0 Å². The highest BCUT2D eigenvalue weighted by molar-refractivity contribution is 5.95. The molecule has 3 nitrogen and oxygen atoms in total. The molecule has 1 heterocycles. The summed E-state index contributed by atoms with van der Waals surface area (Å²) in [6.07, 6.45) is 1.77. The van der Waals surface area contributed by atoms with Gasteiger partial charge in [-0.05, 0) is 47.2 Å². The largest absolute Gasteiger partial charge is 0.508 e. The van der Waals surface area contributed by atoms with Gasteiger partial charge < -0.3 is 5.11 Å². The zero-order valence-corrected chi connectivity index (χ0v) is 11.2. The van der Waals surface area contributed by atoms with E-state index in [0.29, 0.717) is 0 Å². The van der Waals surface area contributed by atoms with Gasteiger partial charge in [0, 0.05) is 5.56 Å². The van der Waals surface area contributed by atoms with Gasteiger partial charge in [0.1, 0.15) is 5.75 Å². The van der Waals surface area contributed by atoms with Crippen LogP contribution in [0.2, 0.25) is 0 Å². The Hall–Kier alpha value is -2.94. The molecular formula is C18H12N2O. The Kier molecular flexibility index (Phi) is 2.57. The van der Waals surface area contributed by atoms with Crippen molar-refractivity contribution in [3.8, 4) is 17.0 Å². The van der Waals surface area contributed by atoms with Crippen LogP contribution in [0.4, 0.5) is 0 Å². The number of benzene rings is 3. The van der Waals surface area contributed by atoms with Crippen LogP contribution < -0.4 is 0 Å². The average molecular weight is 272 g/mol. The summed E-state index contributed by atoms with van der Waals surface area (Å²) in [5, 5.41) is 11.7. The minimum absolute atomic E-state index is 0.249. The number of fused-ring (bicyclic) bond motifs is 2. The van der Waals surface area contributed by atoms with Gasteiger partial charge in [-0.1, -0.05) is 24.3 Å². The molecule has 1 N–H and O–H groups in total. The highest BCUT2D eigenvalue weighted by Crippen LogP contribution is 2.24. The van der Waals surface area contributed by atoms with Gasteiger partial charge >= 0.3 is 0 Å². The molecule has 0 saturated heterocycles. The summed E-state index contributed by atoms with van der Waals surface area (Å²) < 4.78 is 0. The zero-order valence-electron chi connectivity index (χ0n) is 11.2. The van der Waals surface area contributed by atoms with Crippen LogP contribution in [0.25, 0.3) is 33.1 Å². The standard InChI is InChI=1S/C18H12N2O/c21-15-7-5-12(6-8-15)18-11-19-16-9-13-3-1-2-4-14(13)10-17(16)20-18/h1-11,21H. The first-order chi connectivity index (χ1) is 10.3. The molecule has 21 heavy (non-hydrogen) atoms. The Morgan fingerprint density at radius 3 is 2.14 bits per heavy atom. The Morgan fingerprint density at radius 2 is 1.43 bits per heavy atom. The molecule has 0 spiro atoms. The molecule has 3 heteroatoms. The van der Waals surface area contributed by atoms with E-state index in [1.54, 1.807) is 18.3 Å². The first kappa shape index (κ1) is 11.9. The first-order valence-electron chi connectivity index (χ1n) is 6.74. The number of aromatic hydroxyl groups is 1. The Morgan fingerprint density at radius 1 is 0.762 bits per heavy atom. The van der Waals surface area contributed by atoms with Crippen molar-refractivity contribution in [3.05, 3.63) is 66.9 Å². The smallest absolute Gasteiger partial charge is 0.115 e. The molecule has 4 rings (SSSR count). The zero-order chi connectivity index (χ0) is 14.2. The van der Waals surface area contributed by atoms with E-state index < -0.39 is 0 Å². The highest BCUT2D eigenvalue weighted by atomic mass is 16.3. The topological polar surface area (TPSA) is 46.0 Å². The summed E-state index contributed by atoms with van der Waals surface area (Å²) in [7, 11) is 0. The predicted molar refractivity (Wildman–Crippen MR) is 84.1 cm³/mol. The summed E-state index contributed by atoms with van der Waals surface area (Å²) in [4.78, 5) is 9.19. The van der Waals surface area contributed by atoms with Crippen molar-refractivity contribution in [2.24, 2.45) is 0 Å². The lowest BCUT2D eigenvalue weighted by Gasteiger charge is -2.04. The molecule has 0 saturated carbocycles. The molecule has 0 bridgehead atoms. The number of aromatic nitrogens is 2. The van der Waals surface area contributed by atoms with Gasteiger partial charge in [0.25, 0.3) is 0 Å². The van der Waals surface area contributed by atoms with Crippen LogP contribution in [-0.2, 0) is 0 Å². The molecule has 0 amide bonds. The molecule has 100 valence electrons. The molecule has 0 aliphatic heterocycles. The third-order valence-corrected chi connectivity index (χ3v) is 3.57. The average Bonchev–Trinajstić information content (AvgIpc) is 2.53. The number of rotatable bonds is 1. The number of phenolic OH excluding ortho intramolecular Hbond substituents is 1. The normalized spacial score (nSPS) is 11.0. The van der Waals surface area contributed by atoms with E-state index in [2.05, 4.69) is 34.2 Å². The van der Waals surface area contributed by atoms with E-state index in [-0.39, 0.29) is 5.75 Å². The molecule has 0 atom stereocenters. The van der Waals surface area contributed by atoms with Crippen LogP contribution in [0, 0.1) is 0 Å². The van der Waals surface area contributed by atoms with Crippen LogP contribution in [0.3, 0.4) is 0 Å². The molecule has 0 unspecified atom stereocenters. The summed E-state index contributed by atoms with van der Waals surface area (Å²) in [5.74, 6) is 0.249. The van der Waals surface area contributed by atoms with Gasteiger partial charge in [0.15, 0.2) is 0 Å². The van der Waals surface area contributed by atoms with E-state index in [9.17, 15) is 5.11 Å². The van der Waals surface area contributed by atoms with Crippen LogP contribution in [0.5, 0.6) is 5.75 Å². The lowest BCUT2D eigenvalue weighted by molar-refractivity contribution is 0.475. The molecule has 0 aliphatic rings. The van der Waals surface area contributed by atoms with Crippen molar-refractivity contribution < 1.29 is 5.11 Å². The summed E-state index contributed by atoms with van der Waals surface area (Å²) in [5.41, 5.74) is 3.50. The van der Waals surface area contributed by atoms with E-state index in [1.165, 1.54) is 0 Å². The minimum atomic E-state index is 0.249. The van der Waals surface area contributed by atoms with Gasteiger partial charge in [0.2, 0.25) is 0 Å². The SMILES string of the molecule is Oc1ccc(-c2cnc3cc4ccccc4cc3n2)cc1. The van der Waals surface area contributed by atoms with E-state index in [0.717, 1.165) is 33.1 Å². The second-order valence-corrected chi connectivity index (χ2v) is 4.99. The maximum atomic E-state index is 9.36. The molecular weight excluding hydrogens is 260 g/mol. The van der Waals surface area contributed by atoms with Crippen LogP contribution in [0.15, 0.2) is 66.9 Å². The number of phenols is 1. The number of hydrogen-bond donors (Lipinski definition) is 1. The fourth-order valence-electron chi connectivity index (χ4n) is 2.47. The lowest BCUT2D eigenvalue weighted by atomic mass is 10.1. The molecule has 0 radical (unpaired) electrons. The van der Waals surface area contributed by atoms with Crippen molar-refractivity contribution >= 4 is 21.8 Å². The second kappa shape index (κ2) is 4.56. The predicted octanol–water partition coefficient (Wildman–Crippen LogP) is 4.16. The van der Waals surface area contributed by atoms with Crippen LogP contribution >= 0.6 is 0 Å². The third-order valence-electron chi connectivity index (χ3n) is 3.57. The molecule has 3 aromatic carbocycles. The fourth-order valence-corrected chi connectivity index (χ4v) is 2.47.